The summed E-state index contributed by atoms with van der Waals surface area (Å²) in [5.41, 5.74) is 0.951. The summed E-state index contributed by atoms with van der Waals surface area (Å²) in [4.78, 5) is 10.1. The molecule has 126 valence electrons. The van der Waals surface area contributed by atoms with E-state index >= 15 is 0 Å². The average molecular weight is 299 g/mol. The van der Waals surface area contributed by atoms with Crippen molar-refractivity contribution in [3.05, 3.63) is 0 Å². The standard InChI is InChI=1S/C11H20O2.C8H18/c1-11(2,3)9-4-6-10(7-5-9)13-8-12;1-6-8(4,5)7(2)3/h8-10H,4-7H2,1-3H3;7H,6H2,1-5H3. The summed E-state index contributed by atoms with van der Waals surface area (Å²) >= 11 is 0. The lowest BCUT2D eigenvalue weighted by atomic mass is 9.72. The zero-order valence-electron chi connectivity index (χ0n) is 15.7. The van der Waals surface area contributed by atoms with E-state index < -0.39 is 0 Å². The highest BCUT2D eigenvalue weighted by atomic mass is 16.5. The smallest absolute Gasteiger partial charge is 0.293 e. The van der Waals surface area contributed by atoms with Crippen molar-refractivity contribution in [3.63, 3.8) is 0 Å². The summed E-state index contributed by atoms with van der Waals surface area (Å²) < 4.78 is 4.96. The molecule has 2 nitrogen and oxygen atoms in total. The zero-order valence-corrected chi connectivity index (χ0v) is 15.7. The van der Waals surface area contributed by atoms with Gasteiger partial charge in [-0.25, -0.2) is 0 Å². The second-order valence-corrected chi connectivity index (χ2v) is 8.57. The molecule has 0 aliphatic heterocycles. The van der Waals surface area contributed by atoms with Crippen LogP contribution in [-0.4, -0.2) is 12.6 Å². The van der Waals surface area contributed by atoms with Crippen LogP contribution in [0.2, 0.25) is 0 Å². The summed E-state index contributed by atoms with van der Waals surface area (Å²) in [6.07, 6.45) is 5.95. The number of carbonyl (C=O) groups excluding carboxylic acids is 1. The number of hydrogen-bond donors (Lipinski definition) is 0. The Labute approximate surface area is 133 Å². The predicted octanol–water partition coefficient (Wildman–Crippen LogP) is 5.84. The summed E-state index contributed by atoms with van der Waals surface area (Å²) in [5, 5.41) is 0. The van der Waals surface area contributed by atoms with Crippen LogP contribution in [0.4, 0.5) is 0 Å². The first kappa shape index (κ1) is 20.5. The first-order valence-electron chi connectivity index (χ1n) is 8.63. The maximum Gasteiger partial charge on any atom is 0.293 e. The number of ether oxygens (including phenoxy) is 1. The maximum absolute atomic E-state index is 10.1. The molecule has 0 spiro atoms. The lowest BCUT2D eigenvalue weighted by molar-refractivity contribution is -0.135. The molecule has 1 fully saturated rings. The van der Waals surface area contributed by atoms with E-state index in [4.69, 9.17) is 4.74 Å². The van der Waals surface area contributed by atoms with Crippen LogP contribution in [0.25, 0.3) is 0 Å². The monoisotopic (exact) mass is 298 g/mol. The molecule has 1 aliphatic carbocycles. The Balaban J connectivity index is 0.000000433. The van der Waals surface area contributed by atoms with Crippen molar-refractivity contribution in [2.75, 3.05) is 0 Å². The summed E-state index contributed by atoms with van der Waals surface area (Å²) in [6.45, 7) is 18.9. The third-order valence-corrected chi connectivity index (χ3v) is 5.62. The predicted molar refractivity (Wildman–Crippen MR) is 91.3 cm³/mol. The Hall–Kier alpha value is -0.530. The van der Waals surface area contributed by atoms with Crippen molar-refractivity contribution in [2.24, 2.45) is 22.7 Å². The van der Waals surface area contributed by atoms with Gasteiger partial charge in [-0.05, 0) is 48.3 Å². The number of rotatable bonds is 4. The largest absolute Gasteiger partial charge is 0.465 e. The van der Waals surface area contributed by atoms with E-state index in [-0.39, 0.29) is 6.10 Å². The van der Waals surface area contributed by atoms with Gasteiger partial charge in [0.05, 0.1) is 0 Å². The maximum atomic E-state index is 10.1. The van der Waals surface area contributed by atoms with Gasteiger partial charge in [-0.3, -0.25) is 4.79 Å². The second kappa shape index (κ2) is 8.80. The number of hydrogen-bond acceptors (Lipinski definition) is 2. The molecule has 0 unspecified atom stereocenters. The molecular weight excluding hydrogens is 260 g/mol. The Kier molecular flexibility index (Phi) is 8.58. The normalized spacial score (nSPS) is 23.3. The molecule has 2 heteroatoms. The van der Waals surface area contributed by atoms with E-state index in [2.05, 4.69) is 55.4 Å². The first-order valence-corrected chi connectivity index (χ1v) is 8.63. The van der Waals surface area contributed by atoms with Crippen LogP contribution in [0.1, 0.15) is 87.5 Å². The molecule has 0 radical (unpaired) electrons. The molecule has 1 aliphatic rings. The van der Waals surface area contributed by atoms with E-state index in [9.17, 15) is 4.79 Å². The Bertz CT molecular complexity index is 278. The van der Waals surface area contributed by atoms with Crippen LogP contribution in [0, 0.1) is 22.7 Å². The highest BCUT2D eigenvalue weighted by Crippen LogP contribution is 2.38. The van der Waals surface area contributed by atoms with Crippen molar-refractivity contribution in [1.82, 2.24) is 0 Å². The highest BCUT2D eigenvalue weighted by molar-refractivity contribution is 5.37. The van der Waals surface area contributed by atoms with E-state index in [1.165, 1.54) is 19.3 Å². The third-order valence-electron chi connectivity index (χ3n) is 5.62. The summed E-state index contributed by atoms with van der Waals surface area (Å²) in [7, 11) is 0. The average Bonchev–Trinajstić information content (AvgIpc) is 2.39. The van der Waals surface area contributed by atoms with Gasteiger partial charge < -0.3 is 4.74 Å². The van der Waals surface area contributed by atoms with E-state index in [1.54, 1.807) is 0 Å². The van der Waals surface area contributed by atoms with Crippen molar-refractivity contribution < 1.29 is 9.53 Å². The van der Waals surface area contributed by atoms with Crippen molar-refractivity contribution >= 4 is 6.47 Å². The Morgan fingerprint density at radius 3 is 1.76 bits per heavy atom. The SMILES string of the molecule is CC(C)(C)C1CCC(OC=O)CC1.CCC(C)(C)C(C)C. The lowest BCUT2D eigenvalue weighted by Gasteiger charge is -2.36. The van der Waals surface area contributed by atoms with Gasteiger partial charge in [-0.2, -0.15) is 0 Å². The molecule has 1 rings (SSSR count). The Morgan fingerprint density at radius 1 is 1.05 bits per heavy atom. The minimum absolute atomic E-state index is 0.191. The molecule has 0 amide bonds. The van der Waals surface area contributed by atoms with Gasteiger partial charge >= 0.3 is 0 Å². The number of carbonyl (C=O) groups is 1. The molecular formula is C19H38O2. The van der Waals surface area contributed by atoms with Crippen LogP contribution >= 0.6 is 0 Å². The Morgan fingerprint density at radius 2 is 1.52 bits per heavy atom. The van der Waals surface area contributed by atoms with Crippen LogP contribution in [0.15, 0.2) is 0 Å². The highest BCUT2D eigenvalue weighted by Gasteiger charge is 2.30. The fraction of sp³-hybridized carbons (Fsp3) is 0.947. The molecule has 0 atom stereocenters. The van der Waals surface area contributed by atoms with E-state index in [0.29, 0.717) is 17.3 Å². The molecule has 0 N–H and O–H groups in total. The van der Waals surface area contributed by atoms with Crippen LogP contribution in [0.5, 0.6) is 0 Å². The molecule has 1 saturated carbocycles. The van der Waals surface area contributed by atoms with Gasteiger partial charge in [0.1, 0.15) is 6.10 Å². The van der Waals surface area contributed by atoms with Crippen LogP contribution in [0.3, 0.4) is 0 Å². The van der Waals surface area contributed by atoms with E-state index in [1.807, 2.05) is 0 Å². The zero-order chi connectivity index (χ0) is 16.7. The molecule has 0 aromatic rings. The molecule has 21 heavy (non-hydrogen) atoms. The van der Waals surface area contributed by atoms with Crippen LogP contribution < -0.4 is 0 Å². The van der Waals surface area contributed by atoms with Crippen molar-refractivity contribution in [2.45, 2.75) is 93.6 Å². The molecule has 0 aromatic carbocycles. The first-order chi connectivity index (χ1) is 9.54. The second-order valence-electron chi connectivity index (χ2n) is 8.57. The van der Waals surface area contributed by atoms with Crippen molar-refractivity contribution in [1.29, 1.82) is 0 Å². The molecule has 0 bridgehead atoms. The van der Waals surface area contributed by atoms with Crippen LogP contribution in [-0.2, 0) is 9.53 Å². The fourth-order valence-corrected chi connectivity index (χ4v) is 2.55. The van der Waals surface area contributed by atoms with E-state index in [0.717, 1.165) is 24.7 Å². The van der Waals surface area contributed by atoms with Gasteiger partial charge in [-0.1, -0.05) is 61.8 Å². The van der Waals surface area contributed by atoms with Crippen molar-refractivity contribution in [3.8, 4) is 0 Å². The van der Waals surface area contributed by atoms with Gasteiger partial charge in [0.2, 0.25) is 0 Å². The fourth-order valence-electron chi connectivity index (χ4n) is 2.55. The minimum Gasteiger partial charge on any atom is -0.465 e. The lowest BCUT2D eigenvalue weighted by Crippen LogP contribution is -2.28. The summed E-state index contributed by atoms with van der Waals surface area (Å²) in [5.74, 6) is 1.60. The quantitative estimate of drug-likeness (QED) is 0.609. The summed E-state index contributed by atoms with van der Waals surface area (Å²) in [6, 6.07) is 0. The van der Waals surface area contributed by atoms with Gasteiger partial charge in [0.25, 0.3) is 6.47 Å². The van der Waals surface area contributed by atoms with Gasteiger partial charge in [0.15, 0.2) is 0 Å². The topological polar surface area (TPSA) is 26.3 Å². The minimum atomic E-state index is 0.191. The van der Waals surface area contributed by atoms with Gasteiger partial charge in [-0.15, -0.1) is 0 Å². The molecule has 0 heterocycles. The van der Waals surface area contributed by atoms with Gasteiger partial charge in [0, 0.05) is 0 Å². The molecule has 0 aromatic heterocycles. The molecule has 0 saturated heterocycles. The third kappa shape index (κ3) is 7.87.